The molecule has 0 heterocycles. The van der Waals surface area contributed by atoms with E-state index in [1.165, 1.54) is 42.5 Å². The van der Waals surface area contributed by atoms with Gasteiger partial charge < -0.3 is 4.74 Å². The summed E-state index contributed by atoms with van der Waals surface area (Å²) in [4.78, 5) is 0. The molecule has 0 N–H and O–H groups in total. The molecule has 2 aromatic carbocycles. The Morgan fingerprint density at radius 1 is 1.00 bits per heavy atom. The Bertz CT molecular complexity index is 628. The fraction of sp³-hybridized carbons (Fsp3) is 0.143. The van der Waals surface area contributed by atoms with E-state index in [1.807, 2.05) is 0 Å². The number of hydrogen-bond acceptors (Lipinski definition) is 1. The lowest BCUT2D eigenvalue weighted by molar-refractivity contribution is -0.274. The lowest BCUT2D eigenvalue weighted by Gasteiger charge is -2.13. The summed E-state index contributed by atoms with van der Waals surface area (Å²) in [6, 6.07) is 9.50. The van der Waals surface area contributed by atoms with Gasteiger partial charge in [0.25, 0.3) is 0 Å². The van der Waals surface area contributed by atoms with Crippen LogP contribution in [0.15, 0.2) is 46.9 Å². The average Bonchev–Trinajstić information content (AvgIpc) is 2.40. The Balaban J connectivity index is 2.19. The highest BCUT2D eigenvalue weighted by atomic mass is 79.9. The van der Waals surface area contributed by atoms with Gasteiger partial charge in [-0.3, -0.25) is 0 Å². The van der Waals surface area contributed by atoms with Crippen LogP contribution in [0.25, 0.3) is 0 Å². The number of alkyl halides is 4. The van der Waals surface area contributed by atoms with E-state index in [2.05, 4.69) is 20.7 Å². The van der Waals surface area contributed by atoms with Crippen molar-refractivity contribution in [1.29, 1.82) is 0 Å². The predicted octanol–water partition coefficient (Wildman–Crippen LogP) is 5.82. The summed E-state index contributed by atoms with van der Waals surface area (Å²) in [5.74, 6) is -0.744. The fourth-order valence-corrected chi connectivity index (χ4v) is 2.38. The lowest BCUT2D eigenvalue weighted by atomic mass is 10.0. The Hall–Kier alpha value is -1.27. The SMILES string of the molecule is Fc1ccc(C(Cl)c2ccc(OC(F)(F)F)cc2)cc1Br. The zero-order chi connectivity index (χ0) is 15.6. The van der Waals surface area contributed by atoms with Crippen LogP contribution in [0.3, 0.4) is 0 Å². The summed E-state index contributed by atoms with van der Waals surface area (Å²) in [6.07, 6.45) is -4.73. The van der Waals surface area contributed by atoms with Crippen LogP contribution in [-0.4, -0.2) is 6.36 Å². The van der Waals surface area contributed by atoms with Gasteiger partial charge in [0, 0.05) is 0 Å². The molecular formula is C14H8BrClF4O. The maximum absolute atomic E-state index is 13.2. The van der Waals surface area contributed by atoms with Crippen LogP contribution in [0.4, 0.5) is 17.6 Å². The van der Waals surface area contributed by atoms with Crippen molar-refractivity contribution in [1.82, 2.24) is 0 Å². The first-order valence-electron chi connectivity index (χ1n) is 5.71. The zero-order valence-electron chi connectivity index (χ0n) is 10.3. The molecule has 112 valence electrons. The van der Waals surface area contributed by atoms with Crippen LogP contribution in [0.1, 0.15) is 16.5 Å². The van der Waals surface area contributed by atoms with Crippen LogP contribution in [0.5, 0.6) is 5.75 Å². The van der Waals surface area contributed by atoms with Gasteiger partial charge >= 0.3 is 6.36 Å². The molecule has 0 bridgehead atoms. The van der Waals surface area contributed by atoms with Gasteiger partial charge in [0.05, 0.1) is 9.85 Å². The molecule has 0 saturated heterocycles. The van der Waals surface area contributed by atoms with Gasteiger partial charge in [0.15, 0.2) is 0 Å². The quantitative estimate of drug-likeness (QED) is 0.480. The third kappa shape index (κ3) is 4.35. The highest BCUT2D eigenvalue weighted by molar-refractivity contribution is 9.10. The molecule has 0 aromatic heterocycles. The molecular weight excluding hydrogens is 376 g/mol. The molecule has 2 aromatic rings. The summed E-state index contributed by atoms with van der Waals surface area (Å²) < 4.78 is 53.4. The third-order valence-corrected chi connectivity index (χ3v) is 3.75. The molecule has 0 amide bonds. The third-order valence-electron chi connectivity index (χ3n) is 2.64. The first-order valence-corrected chi connectivity index (χ1v) is 6.94. The van der Waals surface area contributed by atoms with Crippen molar-refractivity contribution in [2.75, 3.05) is 0 Å². The molecule has 0 saturated carbocycles. The Morgan fingerprint density at radius 3 is 2.10 bits per heavy atom. The summed E-state index contributed by atoms with van der Waals surface area (Å²) >= 11 is 9.29. The van der Waals surface area contributed by atoms with E-state index in [0.717, 1.165) is 0 Å². The fourth-order valence-electron chi connectivity index (χ4n) is 1.70. The molecule has 1 nitrogen and oxygen atoms in total. The van der Waals surface area contributed by atoms with Crippen molar-refractivity contribution in [2.24, 2.45) is 0 Å². The monoisotopic (exact) mass is 382 g/mol. The maximum Gasteiger partial charge on any atom is 0.573 e. The predicted molar refractivity (Wildman–Crippen MR) is 74.9 cm³/mol. The van der Waals surface area contributed by atoms with Gasteiger partial charge in [0.1, 0.15) is 11.6 Å². The summed E-state index contributed by atoms with van der Waals surface area (Å²) in [5, 5.41) is -0.609. The van der Waals surface area contributed by atoms with Gasteiger partial charge in [-0.05, 0) is 51.3 Å². The van der Waals surface area contributed by atoms with E-state index >= 15 is 0 Å². The van der Waals surface area contributed by atoms with Crippen molar-refractivity contribution >= 4 is 27.5 Å². The van der Waals surface area contributed by atoms with Crippen molar-refractivity contribution in [3.8, 4) is 5.75 Å². The van der Waals surface area contributed by atoms with Gasteiger partial charge in [-0.15, -0.1) is 24.8 Å². The number of halogens is 6. The van der Waals surface area contributed by atoms with Gasteiger partial charge in [-0.25, -0.2) is 4.39 Å². The molecule has 0 spiro atoms. The molecule has 0 radical (unpaired) electrons. The normalized spacial score (nSPS) is 13.0. The highest BCUT2D eigenvalue weighted by Gasteiger charge is 2.31. The minimum atomic E-state index is -4.73. The van der Waals surface area contributed by atoms with Gasteiger partial charge in [0.2, 0.25) is 0 Å². The van der Waals surface area contributed by atoms with Crippen molar-refractivity contribution in [3.63, 3.8) is 0 Å². The molecule has 7 heteroatoms. The zero-order valence-corrected chi connectivity index (χ0v) is 12.6. The van der Waals surface area contributed by atoms with Crippen molar-refractivity contribution < 1.29 is 22.3 Å². The van der Waals surface area contributed by atoms with Crippen LogP contribution in [0, 0.1) is 5.82 Å². The lowest BCUT2D eigenvalue weighted by Crippen LogP contribution is -2.17. The number of hydrogen-bond donors (Lipinski definition) is 0. The van der Waals surface area contributed by atoms with Crippen LogP contribution in [0.2, 0.25) is 0 Å². The molecule has 0 aliphatic rings. The van der Waals surface area contributed by atoms with Crippen LogP contribution in [-0.2, 0) is 0 Å². The van der Waals surface area contributed by atoms with Crippen LogP contribution < -0.4 is 4.74 Å². The van der Waals surface area contributed by atoms with E-state index < -0.39 is 17.6 Å². The molecule has 1 atom stereocenters. The first-order chi connectivity index (χ1) is 9.76. The van der Waals surface area contributed by atoms with Crippen molar-refractivity contribution in [2.45, 2.75) is 11.7 Å². The average molecular weight is 384 g/mol. The molecule has 0 fully saturated rings. The van der Waals surface area contributed by atoms with E-state index in [0.29, 0.717) is 11.1 Å². The van der Waals surface area contributed by atoms with Crippen molar-refractivity contribution in [3.05, 3.63) is 63.9 Å². The molecule has 2 rings (SSSR count). The number of rotatable bonds is 3. The smallest absolute Gasteiger partial charge is 0.406 e. The number of benzene rings is 2. The summed E-state index contributed by atoms with van der Waals surface area (Å²) in [5.41, 5.74) is 1.19. The Kier molecular flexibility index (Phi) is 4.78. The first kappa shape index (κ1) is 16.1. The number of ether oxygens (including phenoxy) is 1. The van der Waals surface area contributed by atoms with E-state index in [9.17, 15) is 17.6 Å². The summed E-state index contributed by atoms with van der Waals surface area (Å²) in [6.45, 7) is 0. The highest BCUT2D eigenvalue weighted by Crippen LogP contribution is 2.32. The minimum absolute atomic E-state index is 0.266. The second kappa shape index (κ2) is 6.23. The standard InChI is InChI=1S/C14H8BrClF4O/c15-11-7-9(3-6-12(11)17)13(16)8-1-4-10(5-2-8)21-14(18,19)20/h1-7,13H. The minimum Gasteiger partial charge on any atom is -0.406 e. The van der Waals surface area contributed by atoms with E-state index in [1.54, 1.807) is 0 Å². The second-order valence-corrected chi connectivity index (χ2v) is 5.44. The van der Waals surface area contributed by atoms with E-state index in [-0.39, 0.29) is 10.2 Å². The second-order valence-electron chi connectivity index (χ2n) is 4.15. The Labute approximate surface area is 131 Å². The summed E-state index contributed by atoms with van der Waals surface area (Å²) in [7, 11) is 0. The van der Waals surface area contributed by atoms with Gasteiger partial charge in [-0.1, -0.05) is 18.2 Å². The molecule has 0 aliphatic heterocycles. The molecule has 21 heavy (non-hydrogen) atoms. The topological polar surface area (TPSA) is 9.23 Å². The largest absolute Gasteiger partial charge is 0.573 e. The van der Waals surface area contributed by atoms with Crippen LogP contribution >= 0.6 is 27.5 Å². The maximum atomic E-state index is 13.2. The Morgan fingerprint density at radius 2 is 1.57 bits per heavy atom. The molecule has 1 unspecified atom stereocenters. The molecule has 0 aliphatic carbocycles. The van der Waals surface area contributed by atoms with Gasteiger partial charge in [-0.2, -0.15) is 0 Å². The van der Waals surface area contributed by atoms with E-state index in [4.69, 9.17) is 11.6 Å².